The van der Waals surface area contributed by atoms with Crippen molar-refractivity contribution in [3.05, 3.63) is 0 Å². The summed E-state index contributed by atoms with van der Waals surface area (Å²) in [6, 6.07) is 0. The molecule has 0 amide bonds. The Balaban J connectivity index is 0. The predicted molar refractivity (Wildman–Crippen MR) is 262 cm³/mol. The molecule has 0 rings (SSSR count). The molecule has 0 aromatic rings. The van der Waals surface area contributed by atoms with Gasteiger partial charge < -0.3 is 9.47 Å². The Morgan fingerprint density at radius 1 is 0.220 bits per heavy atom. The van der Waals surface area contributed by atoms with Crippen LogP contribution in [0.2, 0.25) is 0 Å². The van der Waals surface area contributed by atoms with E-state index < -0.39 is 0 Å². The van der Waals surface area contributed by atoms with Crippen LogP contribution in [0.15, 0.2) is 0 Å². The van der Waals surface area contributed by atoms with Crippen LogP contribution in [0.4, 0.5) is 0 Å². The summed E-state index contributed by atoms with van der Waals surface area (Å²) in [7, 11) is 0. The summed E-state index contributed by atoms with van der Waals surface area (Å²) >= 11 is 0. The third-order valence-corrected chi connectivity index (χ3v) is 12.2. The number of hydrogen-bond donors (Lipinski definition) is 0. The normalized spacial score (nSPS) is 11.1. The van der Waals surface area contributed by atoms with Gasteiger partial charge in [0.1, 0.15) is 0 Å². The summed E-state index contributed by atoms with van der Waals surface area (Å²) in [5.74, 6) is 0.0389. The molecule has 0 aromatic carbocycles. The number of rotatable bonds is 49. The van der Waals surface area contributed by atoms with Crippen LogP contribution < -0.4 is 0 Å². The zero-order chi connectivity index (χ0) is 43.2. The molecular formula is C55H110O4. The molecule has 0 aliphatic rings. The van der Waals surface area contributed by atoms with E-state index in [9.17, 15) is 9.59 Å². The van der Waals surface area contributed by atoms with Crippen molar-refractivity contribution in [2.24, 2.45) is 0 Å². The molecule has 4 nitrogen and oxygen atoms in total. The van der Waals surface area contributed by atoms with Gasteiger partial charge in [0, 0.05) is 12.8 Å². The largest absolute Gasteiger partial charge is 0.466 e. The lowest BCUT2D eigenvalue weighted by Gasteiger charge is -2.06. The fourth-order valence-corrected chi connectivity index (χ4v) is 8.09. The summed E-state index contributed by atoms with van der Waals surface area (Å²) in [6.07, 6.45) is 61.2. The molecule has 0 aliphatic heterocycles. The molecule has 59 heavy (non-hydrogen) atoms. The van der Waals surface area contributed by atoms with Gasteiger partial charge in [0.15, 0.2) is 0 Å². The first-order valence-corrected chi connectivity index (χ1v) is 27.4. The van der Waals surface area contributed by atoms with Crippen molar-refractivity contribution < 1.29 is 19.1 Å². The highest BCUT2D eigenvalue weighted by Crippen LogP contribution is 2.16. The zero-order valence-electron chi connectivity index (χ0n) is 41.3. The van der Waals surface area contributed by atoms with E-state index in [0.717, 1.165) is 25.7 Å². The molecular weight excluding hydrogens is 725 g/mol. The lowest BCUT2D eigenvalue weighted by atomic mass is 10.0. The maximum Gasteiger partial charge on any atom is 0.305 e. The van der Waals surface area contributed by atoms with Crippen LogP contribution in [0.1, 0.15) is 329 Å². The highest BCUT2D eigenvalue weighted by Gasteiger charge is 2.04. The van der Waals surface area contributed by atoms with E-state index in [2.05, 4.69) is 27.7 Å². The number of carbonyl (C=O) groups is 2. The maximum absolute atomic E-state index is 11.7. The fourth-order valence-electron chi connectivity index (χ4n) is 8.09. The third-order valence-electron chi connectivity index (χ3n) is 12.2. The molecule has 0 N–H and O–H groups in total. The number of unbranched alkanes of at least 4 members (excludes halogenated alkanes) is 41. The Bertz CT molecular complexity index is 766. The van der Waals surface area contributed by atoms with Crippen LogP contribution >= 0.6 is 0 Å². The van der Waals surface area contributed by atoms with Gasteiger partial charge in [-0.2, -0.15) is 0 Å². The minimum Gasteiger partial charge on any atom is -0.466 e. The van der Waals surface area contributed by atoms with Gasteiger partial charge in [0.2, 0.25) is 0 Å². The highest BCUT2D eigenvalue weighted by molar-refractivity contribution is 5.69. The Morgan fingerprint density at radius 3 is 0.559 bits per heavy atom. The SMILES string of the molecule is CCCCCCCCCCCCCCCCCOC(=O)CCCCCCCCCC.CCCCCCCCCCCCCCCCOC(=O)CCCCCCCCCC. The molecule has 0 atom stereocenters. The van der Waals surface area contributed by atoms with Gasteiger partial charge in [-0.15, -0.1) is 0 Å². The molecule has 0 saturated carbocycles. The lowest BCUT2D eigenvalue weighted by Crippen LogP contribution is -2.05. The topological polar surface area (TPSA) is 52.6 Å². The van der Waals surface area contributed by atoms with Gasteiger partial charge in [0.25, 0.3) is 0 Å². The minimum atomic E-state index is 0.0191. The first-order chi connectivity index (χ1) is 29.1. The van der Waals surface area contributed by atoms with Gasteiger partial charge in [-0.25, -0.2) is 0 Å². The van der Waals surface area contributed by atoms with E-state index >= 15 is 0 Å². The smallest absolute Gasteiger partial charge is 0.305 e. The average Bonchev–Trinajstić information content (AvgIpc) is 3.24. The summed E-state index contributed by atoms with van der Waals surface area (Å²) in [5.41, 5.74) is 0. The zero-order valence-corrected chi connectivity index (χ0v) is 41.3. The Labute approximate surface area is 372 Å². The summed E-state index contributed by atoms with van der Waals surface area (Å²) < 4.78 is 10.7. The van der Waals surface area contributed by atoms with Crippen LogP contribution in [-0.2, 0) is 19.1 Å². The van der Waals surface area contributed by atoms with Crippen LogP contribution in [-0.4, -0.2) is 25.2 Å². The van der Waals surface area contributed by atoms with Crippen molar-refractivity contribution in [3.63, 3.8) is 0 Å². The van der Waals surface area contributed by atoms with Crippen LogP contribution in [0.3, 0.4) is 0 Å². The van der Waals surface area contributed by atoms with E-state index in [4.69, 9.17) is 9.47 Å². The summed E-state index contributed by atoms with van der Waals surface area (Å²) in [6.45, 7) is 10.3. The van der Waals surface area contributed by atoms with Gasteiger partial charge in [-0.1, -0.05) is 291 Å². The second kappa shape index (κ2) is 56.9. The number of carbonyl (C=O) groups excluding carboxylic acids is 2. The number of ether oxygens (including phenoxy) is 2. The molecule has 0 radical (unpaired) electrons. The quantitative estimate of drug-likeness (QED) is 0.0452. The van der Waals surface area contributed by atoms with Crippen LogP contribution in [0.25, 0.3) is 0 Å². The molecule has 0 bridgehead atoms. The van der Waals surface area contributed by atoms with Crippen LogP contribution in [0, 0.1) is 0 Å². The van der Waals surface area contributed by atoms with Crippen molar-refractivity contribution in [3.8, 4) is 0 Å². The molecule has 0 spiro atoms. The molecule has 0 fully saturated rings. The molecule has 0 heterocycles. The van der Waals surface area contributed by atoms with Gasteiger partial charge in [0.05, 0.1) is 13.2 Å². The van der Waals surface area contributed by atoms with Gasteiger partial charge >= 0.3 is 11.9 Å². The molecule has 4 heteroatoms. The molecule has 0 aliphatic carbocycles. The summed E-state index contributed by atoms with van der Waals surface area (Å²) in [4.78, 5) is 23.5. The van der Waals surface area contributed by atoms with Crippen molar-refractivity contribution in [1.29, 1.82) is 0 Å². The Morgan fingerprint density at radius 2 is 0.373 bits per heavy atom. The highest BCUT2D eigenvalue weighted by atomic mass is 16.5. The number of hydrogen-bond acceptors (Lipinski definition) is 4. The first-order valence-electron chi connectivity index (χ1n) is 27.4. The van der Waals surface area contributed by atoms with E-state index in [1.165, 1.54) is 263 Å². The molecule has 0 saturated heterocycles. The van der Waals surface area contributed by atoms with E-state index in [1.807, 2.05) is 0 Å². The second-order valence-electron chi connectivity index (χ2n) is 18.4. The van der Waals surface area contributed by atoms with Crippen LogP contribution in [0.5, 0.6) is 0 Å². The maximum atomic E-state index is 11.7. The predicted octanol–water partition coefficient (Wildman–Crippen LogP) is 19.5. The van der Waals surface area contributed by atoms with Crippen molar-refractivity contribution in [1.82, 2.24) is 0 Å². The Kier molecular flexibility index (Phi) is 57.9. The molecule has 0 unspecified atom stereocenters. The van der Waals surface area contributed by atoms with E-state index in [-0.39, 0.29) is 11.9 Å². The molecule has 0 aromatic heterocycles. The van der Waals surface area contributed by atoms with Gasteiger partial charge in [-0.3, -0.25) is 9.59 Å². The average molecular weight is 835 g/mol. The second-order valence-corrected chi connectivity index (χ2v) is 18.4. The van der Waals surface area contributed by atoms with E-state index in [1.54, 1.807) is 0 Å². The number of esters is 2. The molecule has 354 valence electrons. The lowest BCUT2D eigenvalue weighted by molar-refractivity contribution is -0.144. The standard InChI is InChI=1S/C28H56O2.C27H54O2/c1-3-5-7-9-11-13-14-15-16-17-18-19-21-23-25-27-30-28(29)26-24-22-20-12-10-8-6-4-2;1-3-5-7-9-11-13-14-15-16-17-18-20-22-24-26-29-27(28)25-23-21-19-12-10-8-6-4-2/h3-27H2,1-2H3;3-26H2,1-2H3. The summed E-state index contributed by atoms with van der Waals surface area (Å²) in [5, 5.41) is 0. The first kappa shape index (κ1) is 60.0. The monoisotopic (exact) mass is 835 g/mol. The fraction of sp³-hybridized carbons (Fsp3) is 0.964. The van der Waals surface area contributed by atoms with Crippen molar-refractivity contribution >= 4 is 11.9 Å². The Hall–Kier alpha value is -1.06. The van der Waals surface area contributed by atoms with E-state index in [0.29, 0.717) is 26.1 Å². The van der Waals surface area contributed by atoms with Gasteiger partial charge in [-0.05, 0) is 25.7 Å². The van der Waals surface area contributed by atoms with Crippen molar-refractivity contribution in [2.75, 3.05) is 13.2 Å². The van der Waals surface area contributed by atoms with Crippen molar-refractivity contribution in [2.45, 2.75) is 329 Å². The third kappa shape index (κ3) is 59.1. The minimum absolute atomic E-state index is 0.0191.